The molecule has 1 rings (SSSR count). The second-order valence-corrected chi connectivity index (χ2v) is 4.82. The van der Waals surface area contributed by atoms with E-state index in [1.807, 2.05) is 13.0 Å². The van der Waals surface area contributed by atoms with E-state index in [0.29, 0.717) is 0 Å². The molecule has 0 unspecified atom stereocenters. The summed E-state index contributed by atoms with van der Waals surface area (Å²) >= 11 is 1.50. The fraction of sp³-hybridized carbons (Fsp3) is 0.364. The lowest BCUT2D eigenvalue weighted by Crippen LogP contribution is -2.22. The second kappa shape index (κ2) is 4.51. The van der Waals surface area contributed by atoms with E-state index in [1.54, 1.807) is 0 Å². The number of thioether (sulfide) groups is 1. The van der Waals surface area contributed by atoms with E-state index in [9.17, 15) is 4.79 Å². The Morgan fingerprint density at radius 3 is 2.50 bits per heavy atom. The molecule has 0 heterocycles. The van der Waals surface area contributed by atoms with Crippen LogP contribution in [0.4, 0.5) is 0 Å². The maximum atomic E-state index is 10.9. The first-order valence-electron chi connectivity index (χ1n) is 4.54. The number of amides is 1. The molecule has 0 aromatic heterocycles. The van der Waals surface area contributed by atoms with E-state index in [4.69, 9.17) is 5.73 Å². The Kier molecular flexibility index (Phi) is 3.58. The molecule has 1 aromatic carbocycles. The van der Waals surface area contributed by atoms with Crippen molar-refractivity contribution in [3.8, 4) is 0 Å². The number of primary amides is 1. The third kappa shape index (κ3) is 2.77. The molecule has 0 bridgehead atoms. The Hall–Kier alpha value is -0.960. The van der Waals surface area contributed by atoms with Crippen molar-refractivity contribution in [1.29, 1.82) is 0 Å². The van der Waals surface area contributed by atoms with Gasteiger partial charge < -0.3 is 5.73 Å². The average Bonchev–Trinajstić information content (AvgIpc) is 2.11. The van der Waals surface area contributed by atoms with Gasteiger partial charge >= 0.3 is 0 Å². The van der Waals surface area contributed by atoms with Crippen LogP contribution in [-0.2, 0) is 4.79 Å². The minimum Gasteiger partial charge on any atom is -0.369 e. The van der Waals surface area contributed by atoms with Crippen molar-refractivity contribution in [3.63, 3.8) is 0 Å². The van der Waals surface area contributed by atoms with Gasteiger partial charge in [0, 0.05) is 4.90 Å². The zero-order valence-corrected chi connectivity index (χ0v) is 9.52. The van der Waals surface area contributed by atoms with Crippen LogP contribution in [0, 0.1) is 13.8 Å². The average molecular weight is 209 g/mol. The molecule has 0 radical (unpaired) electrons. The Bertz CT molecular complexity index is 349. The van der Waals surface area contributed by atoms with Crippen molar-refractivity contribution in [3.05, 3.63) is 29.3 Å². The van der Waals surface area contributed by atoms with Gasteiger partial charge in [0.05, 0.1) is 5.25 Å². The smallest absolute Gasteiger partial charge is 0.230 e. The number of hydrogen-bond donors (Lipinski definition) is 1. The highest BCUT2D eigenvalue weighted by Gasteiger charge is 2.10. The van der Waals surface area contributed by atoms with E-state index in [-0.39, 0.29) is 11.2 Å². The molecule has 0 spiro atoms. The predicted molar refractivity (Wildman–Crippen MR) is 60.4 cm³/mol. The van der Waals surface area contributed by atoms with Crippen LogP contribution < -0.4 is 5.73 Å². The molecule has 14 heavy (non-hydrogen) atoms. The number of hydrogen-bond acceptors (Lipinski definition) is 2. The lowest BCUT2D eigenvalue weighted by molar-refractivity contribution is -0.117. The molecule has 1 amide bonds. The normalized spacial score (nSPS) is 12.5. The minimum absolute atomic E-state index is 0.169. The summed E-state index contributed by atoms with van der Waals surface area (Å²) in [5.41, 5.74) is 7.70. The van der Waals surface area contributed by atoms with Crippen molar-refractivity contribution in [1.82, 2.24) is 0 Å². The van der Waals surface area contributed by atoms with Gasteiger partial charge in [-0.05, 0) is 44.0 Å². The molecule has 0 aliphatic heterocycles. The van der Waals surface area contributed by atoms with Gasteiger partial charge in [-0.25, -0.2) is 0 Å². The Morgan fingerprint density at radius 2 is 2.00 bits per heavy atom. The number of rotatable bonds is 3. The molecule has 0 aliphatic rings. The number of aryl methyl sites for hydroxylation is 2. The van der Waals surface area contributed by atoms with Crippen molar-refractivity contribution in [2.75, 3.05) is 0 Å². The van der Waals surface area contributed by atoms with Gasteiger partial charge in [0.15, 0.2) is 0 Å². The summed E-state index contributed by atoms with van der Waals surface area (Å²) < 4.78 is 0. The van der Waals surface area contributed by atoms with Crippen molar-refractivity contribution in [2.24, 2.45) is 5.73 Å². The first-order chi connectivity index (χ1) is 6.50. The number of carbonyl (C=O) groups is 1. The summed E-state index contributed by atoms with van der Waals surface area (Å²) in [4.78, 5) is 12.0. The van der Waals surface area contributed by atoms with E-state index >= 15 is 0 Å². The molecular weight excluding hydrogens is 194 g/mol. The van der Waals surface area contributed by atoms with Crippen LogP contribution in [0.3, 0.4) is 0 Å². The lowest BCUT2D eigenvalue weighted by atomic mass is 10.1. The van der Waals surface area contributed by atoms with Crippen LogP contribution in [0.2, 0.25) is 0 Å². The van der Waals surface area contributed by atoms with Gasteiger partial charge in [-0.2, -0.15) is 0 Å². The van der Waals surface area contributed by atoms with Crippen LogP contribution in [0.25, 0.3) is 0 Å². The summed E-state index contributed by atoms with van der Waals surface area (Å²) in [6.07, 6.45) is 0. The zero-order chi connectivity index (χ0) is 10.7. The molecule has 3 heteroatoms. The molecule has 0 aliphatic carbocycles. The molecule has 76 valence electrons. The summed E-state index contributed by atoms with van der Waals surface area (Å²) in [6, 6.07) is 6.16. The summed E-state index contributed by atoms with van der Waals surface area (Å²) in [7, 11) is 0. The van der Waals surface area contributed by atoms with Crippen molar-refractivity contribution in [2.45, 2.75) is 30.9 Å². The van der Waals surface area contributed by atoms with E-state index in [1.165, 1.54) is 22.9 Å². The topological polar surface area (TPSA) is 43.1 Å². The monoisotopic (exact) mass is 209 g/mol. The molecule has 2 N–H and O–H groups in total. The fourth-order valence-corrected chi connectivity index (χ4v) is 1.97. The summed E-state index contributed by atoms with van der Waals surface area (Å²) in [5.74, 6) is -0.270. The number of nitrogens with two attached hydrogens (primary N) is 1. The highest BCUT2D eigenvalue weighted by molar-refractivity contribution is 8.00. The molecule has 2 nitrogen and oxygen atoms in total. The molecule has 0 fully saturated rings. The Labute approximate surface area is 88.9 Å². The summed E-state index contributed by atoms with van der Waals surface area (Å²) in [6.45, 7) is 5.96. The maximum Gasteiger partial charge on any atom is 0.230 e. The minimum atomic E-state index is -0.270. The van der Waals surface area contributed by atoms with Crippen LogP contribution in [0.1, 0.15) is 18.1 Å². The van der Waals surface area contributed by atoms with Crippen molar-refractivity contribution >= 4 is 17.7 Å². The molecule has 1 atom stereocenters. The van der Waals surface area contributed by atoms with Gasteiger partial charge in [0.25, 0.3) is 0 Å². The quantitative estimate of drug-likeness (QED) is 0.776. The fourth-order valence-electron chi connectivity index (χ4n) is 1.05. The third-order valence-corrected chi connectivity index (χ3v) is 3.30. The molecule has 0 saturated heterocycles. The standard InChI is InChI=1S/C11H15NOS/c1-7-4-5-10(6-8(7)2)14-9(3)11(12)13/h4-6,9H,1-3H3,(H2,12,13)/t9-/m1/s1. The highest BCUT2D eigenvalue weighted by atomic mass is 32.2. The number of benzene rings is 1. The van der Waals surface area contributed by atoms with Crippen LogP contribution in [-0.4, -0.2) is 11.2 Å². The third-order valence-electron chi connectivity index (χ3n) is 2.19. The van der Waals surface area contributed by atoms with Gasteiger partial charge in [-0.3, -0.25) is 4.79 Å². The van der Waals surface area contributed by atoms with Gasteiger partial charge in [0.2, 0.25) is 5.91 Å². The SMILES string of the molecule is Cc1ccc(S[C@H](C)C(N)=O)cc1C. The van der Waals surface area contributed by atoms with Crippen LogP contribution in [0.15, 0.2) is 23.1 Å². The largest absolute Gasteiger partial charge is 0.369 e. The first-order valence-corrected chi connectivity index (χ1v) is 5.42. The van der Waals surface area contributed by atoms with Crippen LogP contribution in [0.5, 0.6) is 0 Å². The van der Waals surface area contributed by atoms with Gasteiger partial charge in [-0.1, -0.05) is 6.07 Å². The first kappa shape index (κ1) is 11.1. The van der Waals surface area contributed by atoms with Gasteiger partial charge in [0.1, 0.15) is 0 Å². The van der Waals surface area contributed by atoms with Crippen molar-refractivity contribution < 1.29 is 4.79 Å². The zero-order valence-electron chi connectivity index (χ0n) is 8.70. The van der Waals surface area contributed by atoms with Gasteiger partial charge in [-0.15, -0.1) is 11.8 Å². The van der Waals surface area contributed by atoms with E-state index in [2.05, 4.69) is 26.0 Å². The molecule has 1 aromatic rings. The summed E-state index contributed by atoms with van der Waals surface area (Å²) in [5, 5.41) is -0.169. The number of carbonyl (C=O) groups excluding carboxylic acids is 1. The predicted octanol–water partition coefficient (Wildman–Crippen LogP) is 2.27. The lowest BCUT2D eigenvalue weighted by Gasteiger charge is -2.08. The van der Waals surface area contributed by atoms with Crippen LogP contribution >= 0.6 is 11.8 Å². The Morgan fingerprint density at radius 1 is 1.36 bits per heavy atom. The Balaban J connectivity index is 2.78. The molecule has 0 saturated carbocycles. The molecular formula is C11H15NOS. The van der Waals surface area contributed by atoms with E-state index in [0.717, 1.165) is 4.90 Å². The second-order valence-electron chi connectivity index (χ2n) is 3.41. The van der Waals surface area contributed by atoms with E-state index < -0.39 is 0 Å². The maximum absolute atomic E-state index is 10.9. The highest BCUT2D eigenvalue weighted by Crippen LogP contribution is 2.24.